The van der Waals surface area contributed by atoms with Crippen LogP contribution in [0.25, 0.3) is 0 Å². The number of carbonyl (C=O) groups excluding carboxylic acids is 1. The van der Waals surface area contributed by atoms with Crippen molar-refractivity contribution >= 4 is 5.78 Å². The molecular weight excluding hydrogens is 284 g/mol. The summed E-state index contributed by atoms with van der Waals surface area (Å²) in [5, 5.41) is 11.1. The van der Waals surface area contributed by atoms with Gasteiger partial charge in [-0.1, -0.05) is 31.9 Å². The number of ketones is 1. The van der Waals surface area contributed by atoms with Crippen LogP contribution < -0.4 is 0 Å². The van der Waals surface area contributed by atoms with Crippen LogP contribution in [0.2, 0.25) is 0 Å². The van der Waals surface area contributed by atoms with E-state index in [0.717, 1.165) is 24.8 Å². The first-order valence-electron chi connectivity index (χ1n) is 8.96. The van der Waals surface area contributed by atoms with Crippen LogP contribution in [0, 0.1) is 11.3 Å². The third-order valence-electron chi connectivity index (χ3n) is 6.46. The molecule has 4 aliphatic carbocycles. The SMILES string of the molecule is C[C@H]1CCC2=C(CCCC2(C)C)C2=C1C[C@@]1(O)C=CC(=O)C=C21. The summed E-state index contributed by atoms with van der Waals surface area (Å²) >= 11 is 0. The van der Waals surface area contributed by atoms with E-state index >= 15 is 0 Å². The standard InChI is InChI=1S/C21H26O2/c1-13-6-7-17-15(5-4-9-20(17,2)3)19-16(13)12-21(23)10-8-14(22)11-18(19)21/h8,10-11,13,23H,4-7,9,12H2,1-3H3/t13-,21-/m0/s1. The Hall–Kier alpha value is -1.41. The molecule has 0 saturated heterocycles. The second-order valence-corrected chi connectivity index (χ2v) is 8.43. The van der Waals surface area contributed by atoms with Crippen LogP contribution in [-0.4, -0.2) is 16.5 Å². The first kappa shape index (κ1) is 15.1. The lowest BCUT2D eigenvalue weighted by Crippen LogP contribution is -2.30. The summed E-state index contributed by atoms with van der Waals surface area (Å²) in [7, 11) is 0. The van der Waals surface area contributed by atoms with Crippen LogP contribution in [0.1, 0.15) is 59.3 Å². The fourth-order valence-electron chi connectivity index (χ4n) is 5.11. The minimum absolute atomic E-state index is 0.00699. The van der Waals surface area contributed by atoms with E-state index in [-0.39, 0.29) is 11.2 Å². The molecule has 0 aromatic rings. The van der Waals surface area contributed by atoms with Gasteiger partial charge in [0.1, 0.15) is 5.60 Å². The van der Waals surface area contributed by atoms with Crippen LogP contribution in [0.15, 0.2) is 46.1 Å². The molecule has 0 saturated carbocycles. The first-order valence-corrected chi connectivity index (χ1v) is 8.96. The molecule has 23 heavy (non-hydrogen) atoms. The molecule has 2 nitrogen and oxygen atoms in total. The minimum Gasteiger partial charge on any atom is -0.381 e. The van der Waals surface area contributed by atoms with Crippen molar-refractivity contribution in [2.75, 3.05) is 0 Å². The van der Waals surface area contributed by atoms with Crippen molar-refractivity contribution in [2.24, 2.45) is 11.3 Å². The number of fused-ring (bicyclic) bond motifs is 3. The second-order valence-electron chi connectivity index (χ2n) is 8.43. The molecular formula is C21H26O2. The lowest BCUT2D eigenvalue weighted by Gasteiger charge is -2.37. The van der Waals surface area contributed by atoms with Crippen LogP contribution >= 0.6 is 0 Å². The number of aliphatic hydroxyl groups is 1. The van der Waals surface area contributed by atoms with Gasteiger partial charge in [-0.3, -0.25) is 4.79 Å². The molecule has 0 aliphatic heterocycles. The molecule has 4 rings (SSSR count). The lowest BCUT2D eigenvalue weighted by molar-refractivity contribution is -0.110. The molecule has 0 amide bonds. The predicted octanol–water partition coefficient (Wildman–Crippen LogP) is 4.42. The average Bonchev–Trinajstić information content (AvgIpc) is 2.70. The van der Waals surface area contributed by atoms with Gasteiger partial charge in [-0.2, -0.15) is 0 Å². The van der Waals surface area contributed by atoms with Crippen LogP contribution in [0.3, 0.4) is 0 Å². The molecule has 0 aromatic heterocycles. The van der Waals surface area contributed by atoms with Gasteiger partial charge in [0.2, 0.25) is 0 Å². The van der Waals surface area contributed by atoms with Gasteiger partial charge in [-0.15, -0.1) is 0 Å². The highest BCUT2D eigenvalue weighted by Crippen LogP contribution is 2.56. The normalized spacial score (nSPS) is 35.6. The van der Waals surface area contributed by atoms with E-state index in [0.29, 0.717) is 12.3 Å². The summed E-state index contributed by atoms with van der Waals surface area (Å²) < 4.78 is 0. The Bertz CT molecular complexity index is 714. The summed E-state index contributed by atoms with van der Waals surface area (Å²) in [6.07, 6.45) is 11.4. The van der Waals surface area contributed by atoms with Crippen molar-refractivity contribution in [1.82, 2.24) is 0 Å². The van der Waals surface area contributed by atoms with E-state index in [2.05, 4.69) is 20.8 Å². The van der Waals surface area contributed by atoms with Crippen molar-refractivity contribution in [3.05, 3.63) is 46.1 Å². The molecule has 0 aromatic carbocycles. The molecule has 0 spiro atoms. The van der Waals surface area contributed by atoms with Gasteiger partial charge in [-0.25, -0.2) is 0 Å². The largest absolute Gasteiger partial charge is 0.381 e. The highest BCUT2D eigenvalue weighted by atomic mass is 16.3. The Kier molecular flexibility index (Phi) is 3.16. The maximum Gasteiger partial charge on any atom is 0.178 e. The van der Waals surface area contributed by atoms with E-state index in [1.54, 1.807) is 17.7 Å². The number of carbonyl (C=O) groups is 1. The van der Waals surface area contributed by atoms with E-state index in [4.69, 9.17) is 0 Å². The van der Waals surface area contributed by atoms with Gasteiger partial charge in [0.25, 0.3) is 0 Å². The number of hydrogen-bond acceptors (Lipinski definition) is 2. The van der Waals surface area contributed by atoms with Crippen molar-refractivity contribution < 1.29 is 9.90 Å². The van der Waals surface area contributed by atoms with E-state index in [1.807, 2.05) is 0 Å². The third-order valence-corrected chi connectivity index (χ3v) is 6.46. The highest BCUT2D eigenvalue weighted by Gasteiger charge is 2.46. The van der Waals surface area contributed by atoms with Crippen molar-refractivity contribution in [2.45, 2.75) is 64.9 Å². The first-order chi connectivity index (χ1) is 10.8. The second kappa shape index (κ2) is 4.80. The summed E-state index contributed by atoms with van der Waals surface area (Å²) in [6, 6.07) is 0. The monoisotopic (exact) mass is 310 g/mol. The Morgan fingerprint density at radius 1 is 1.26 bits per heavy atom. The number of rotatable bonds is 0. The molecule has 0 heterocycles. The van der Waals surface area contributed by atoms with Crippen molar-refractivity contribution in [3.8, 4) is 0 Å². The molecule has 0 radical (unpaired) electrons. The zero-order chi connectivity index (χ0) is 16.4. The molecule has 2 heteroatoms. The van der Waals surface area contributed by atoms with Gasteiger partial charge in [0, 0.05) is 6.42 Å². The van der Waals surface area contributed by atoms with E-state index < -0.39 is 5.60 Å². The van der Waals surface area contributed by atoms with E-state index in [1.165, 1.54) is 35.6 Å². The molecule has 1 N–H and O–H groups in total. The van der Waals surface area contributed by atoms with Crippen molar-refractivity contribution in [1.29, 1.82) is 0 Å². The van der Waals surface area contributed by atoms with Crippen LogP contribution in [0.4, 0.5) is 0 Å². The summed E-state index contributed by atoms with van der Waals surface area (Å²) in [6.45, 7) is 7.01. The number of allylic oxidation sites excluding steroid dienone is 4. The molecule has 122 valence electrons. The zero-order valence-corrected chi connectivity index (χ0v) is 14.4. The van der Waals surface area contributed by atoms with Crippen LogP contribution in [0.5, 0.6) is 0 Å². The maximum absolute atomic E-state index is 12.0. The molecule has 0 bridgehead atoms. The number of hydrogen-bond donors (Lipinski definition) is 1. The Morgan fingerprint density at radius 2 is 2.04 bits per heavy atom. The minimum atomic E-state index is -0.954. The fraction of sp³-hybridized carbons (Fsp3) is 0.571. The van der Waals surface area contributed by atoms with Gasteiger partial charge in [0.05, 0.1) is 0 Å². The molecule has 2 atom stereocenters. The molecule has 0 unspecified atom stereocenters. The molecule has 0 fully saturated rings. The fourth-order valence-corrected chi connectivity index (χ4v) is 5.11. The topological polar surface area (TPSA) is 37.3 Å². The quantitative estimate of drug-likeness (QED) is 0.719. The summed E-state index contributed by atoms with van der Waals surface area (Å²) in [4.78, 5) is 12.0. The maximum atomic E-state index is 12.0. The Balaban J connectivity index is 1.94. The van der Waals surface area contributed by atoms with E-state index in [9.17, 15) is 9.90 Å². The van der Waals surface area contributed by atoms with Gasteiger partial charge in [0.15, 0.2) is 5.78 Å². The van der Waals surface area contributed by atoms with Gasteiger partial charge >= 0.3 is 0 Å². The summed E-state index contributed by atoms with van der Waals surface area (Å²) in [5.41, 5.74) is 5.81. The molecule has 4 aliphatic rings. The third kappa shape index (κ3) is 2.15. The van der Waals surface area contributed by atoms with Crippen LogP contribution in [-0.2, 0) is 4.79 Å². The summed E-state index contributed by atoms with van der Waals surface area (Å²) in [5.74, 6) is 0.484. The Morgan fingerprint density at radius 3 is 2.83 bits per heavy atom. The highest BCUT2D eigenvalue weighted by molar-refractivity contribution is 6.02. The smallest absolute Gasteiger partial charge is 0.178 e. The lowest BCUT2D eigenvalue weighted by atomic mass is 9.69. The van der Waals surface area contributed by atoms with Crippen molar-refractivity contribution in [3.63, 3.8) is 0 Å². The Labute approximate surface area is 138 Å². The zero-order valence-electron chi connectivity index (χ0n) is 14.4. The van der Waals surface area contributed by atoms with Gasteiger partial charge < -0.3 is 5.11 Å². The average molecular weight is 310 g/mol. The predicted molar refractivity (Wildman–Crippen MR) is 91.9 cm³/mol. The van der Waals surface area contributed by atoms with Gasteiger partial charge in [-0.05, 0) is 78.4 Å².